The Balaban J connectivity index is 1.48. The Kier molecular flexibility index (Phi) is 3.96. The molecule has 2 aliphatic carbocycles. The van der Waals surface area contributed by atoms with Gasteiger partial charge in [-0.1, -0.05) is 49.3 Å². The number of rotatable bonds is 3. The number of hydrogen-bond donors (Lipinski definition) is 1. The van der Waals surface area contributed by atoms with Crippen LogP contribution in [0, 0.1) is 29.6 Å². The molecule has 2 aromatic rings. The second-order valence-corrected chi connectivity index (χ2v) is 9.48. The van der Waals surface area contributed by atoms with Gasteiger partial charge in [0.15, 0.2) is 5.69 Å². The molecule has 5 heteroatoms. The molecule has 1 aliphatic heterocycles. The van der Waals surface area contributed by atoms with Gasteiger partial charge in [-0.15, -0.1) is 0 Å². The van der Waals surface area contributed by atoms with Gasteiger partial charge in [-0.05, 0) is 54.4 Å². The largest absolute Gasteiger partial charge is 0.373 e. The molecular weight excluding hydrogens is 352 g/mol. The number of carbonyl (C=O) groups excluding carboxylic acids is 1. The fourth-order valence-corrected chi connectivity index (χ4v) is 6.44. The zero-order valence-corrected chi connectivity index (χ0v) is 16.8. The molecule has 5 nitrogen and oxygen atoms in total. The van der Waals surface area contributed by atoms with Crippen molar-refractivity contribution < 1.29 is 14.1 Å². The Bertz CT molecular complexity index is 890. The number of ether oxygens (including phenoxy) is 1. The van der Waals surface area contributed by atoms with E-state index in [-0.39, 0.29) is 28.9 Å². The first-order valence-corrected chi connectivity index (χ1v) is 10.3. The van der Waals surface area contributed by atoms with E-state index in [0.717, 1.165) is 13.0 Å². The van der Waals surface area contributed by atoms with Crippen LogP contribution in [0.5, 0.6) is 0 Å². The molecule has 0 radical (unpaired) electrons. The second kappa shape index (κ2) is 6.18. The fraction of sp³-hybridized carbons (Fsp3) is 0.565. The molecule has 3 aliphatic rings. The van der Waals surface area contributed by atoms with Gasteiger partial charge in [-0.25, -0.2) is 0 Å². The number of nitrogens with zero attached hydrogens (tertiary/aromatic N) is 1. The summed E-state index contributed by atoms with van der Waals surface area (Å²) in [5.41, 5.74) is 1.77. The zero-order chi connectivity index (χ0) is 19.5. The summed E-state index contributed by atoms with van der Waals surface area (Å²) in [6, 6.07) is 12.4. The minimum absolute atomic E-state index is 0.0590. The van der Waals surface area contributed by atoms with E-state index in [4.69, 9.17) is 9.26 Å². The quantitative estimate of drug-likeness (QED) is 0.862. The summed E-state index contributed by atoms with van der Waals surface area (Å²) in [6.07, 6.45) is 3.45. The molecule has 5 rings (SSSR count). The summed E-state index contributed by atoms with van der Waals surface area (Å²) in [6.45, 7) is 7.18. The van der Waals surface area contributed by atoms with Crippen LogP contribution in [0.3, 0.4) is 0 Å². The summed E-state index contributed by atoms with van der Waals surface area (Å²) in [5, 5.41) is 7.30. The second-order valence-electron chi connectivity index (χ2n) is 9.48. The topological polar surface area (TPSA) is 64.4 Å². The van der Waals surface area contributed by atoms with Crippen LogP contribution in [0.15, 0.2) is 40.9 Å². The number of aryl methyl sites for hydroxylation is 1. The smallest absolute Gasteiger partial charge is 0.273 e. The van der Waals surface area contributed by atoms with Crippen LogP contribution in [0.25, 0.3) is 0 Å². The third-order valence-electron chi connectivity index (χ3n) is 7.77. The van der Waals surface area contributed by atoms with E-state index >= 15 is 0 Å². The third kappa shape index (κ3) is 2.48. The van der Waals surface area contributed by atoms with Crippen LogP contribution in [0.4, 0.5) is 0 Å². The number of fused-ring (bicyclic) bond motifs is 1. The van der Waals surface area contributed by atoms with Crippen LogP contribution in [0.2, 0.25) is 0 Å². The van der Waals surface area contributed by atoms with Crippen molar-refractivity contribution in [2.45, 2.75) is 52.2 Å². The molecule has 2 heterocycles. The highest BCUT2D eigenvalue weighted by Gasteiger charge is 2.68. The van der Waals surface area contributed by atoms with E-state index in [1.807, 2.05) is 6.92 Å². The van der Waals surface area contributed by atoms with Crippen LogP contribution >= 0.6 is 0 Å². The van der Waals surface area contributed by atoms with Gasteiger partial charge in [0.05, 0.1) is 6.10 Å². The molecule has 148 valence electrons. The molecule has 3 fully saturated rings. The standard InChI is InChI=1S/C23H28N2O3/c1-14-11-18(25-28-14)20(26)24-21-22(2,3)16-12-17-19(15-7-5-4-6-8-15)27-10-9-23(17,21)13-16/h4-8,11,16-17,19,21H,9-10,12-13H2,1-3H3,(H,24,26)/t16-,17-,19-,21+,23-/m1/s1. The Morgan fingerprint density at radius 1 is 1.25 bits per heavy atom. The molecule has 1 saturated heterocycles. The van der Waals surface area contributed by atoms with Crippen molar-refractivity contribution in [3.63, 3.8) is 0 Å². The van der Waals surface area contributed by atoms with Gasteiger partial charge in [0.25, 0.3) is 5.91 Å². The van der Waals surface area contributed by atoms with Crippen molar-refractivity contribution in [2.75, 3.05) is 6.61 Å². The van der Waals surface area contributed by atoms with Gasteiger partial charge in [0.1, 0.15) is 5.76 Å². The molecule has 28 heavy (non-hydrogen) atoms. The molecule has 5 atom stereocenters. The van der Waals surface area contributed by atoms with Crippen molar-refractivity contribution in [2.24, 2.45) is 22.7 Å². The van der Waals surface area contributed by atoms with Crippen LogP contribution in [0.1, 0.15) is 61.0 Å². The summed E-state index contributed by atoms with van der Waals surface area (Å²) in [4.78, 5) is 12.9. The first-order chi connectivity index (χ1) is 13.4. The molecule has 1 amide bonds. The lowest BCUT2D eigenvalue weighted by Gasteiger charge is -2.53. The highest BCUT2D eigenvalue weighted by molar-refractivity contribution is 5.92. The maximum Gasteiger partial charge on any atom is 0.273 e. The maximum atomic E-state index is 12.9. The van der Waals surface area contributed by atoms with E-state index in [2.05, 4.69) is 54.7 Å². The van der Waals surface area contributed by atoms with Crippen LogP contribution in [-0.4, -0.2) is 23.7 Å². The van der Waals surface area contributed by atoms with E-state index in [1.54, 1.807) is 6.07 Å². The van der Waals surface area contributed by atoms with Gasteiger partial charge in [0.2, 0.25) is 0 Å². The van der Waals surface area contributed by atoms with Crippen molar-refractivity contribution >= 4 is 5.91 Å². The first kappa shape index (κ1) is 17.9. The van der Waals surface area contributed by atoms with Gasteiger partial charge < -0.3 is 14.6 Å². The Morgan fingerprint density at radius 2 is 2.04 bits per heavy atom. The fourth-order valence-electron chi connectivity index (χ4n) is 6.44. The summed E-state index contributed by atoms with van der Waals surface area (Å²) < 4.78 is 11.4. The molecule has 0 unspecified atom stereocenters. The monoisotopic (exact) mass is 380 g/mol. The van der Waals surface area contributed by atoms with E-state index in [0.29, 0.717) is 23.3 Å². The minimum atomic E-state index is -0.127. The van der Waals surface area contributed by atoms with Gasteiger partial charge in [0, 0.05) is 18.7 Å². The van der Waals surface area contributed by atoms with Crippen LogP contribution < -0.4 is 5.32 Å². The lowest BCUT2D eigenvalue weighted by atomic mass is 9.59. The van der Waals surface area contributed by atoms with E-state index < -0.39 is 0 Å². The third-order valence-corrected chi connectivity index (χ3v) is 7.77. The number of benzene rings is 1. The molecule has 2 saturated carbocycles. The Morgan fingerprint density at radius 3 is 2.75 bits per heavy atom. The minimum Gasteiger partial charge on any atom is -0.373 e. The number of nitrogens with one attached hydrogen (secondary N) is 1. The molecule has 1 aromatic heterocycles. The summed E-state index contributed by atoms with van der Waals surface area (Å²) >= 11 is 0. The highest BCUT2D eigenvalue weighted by atomic mass is 16.5. The maximum absolute atomic E-state index is 12.9. The van der Waals surface area contributed by atoms with Gasteiger partial charge in [-0.3, -0.25) is 4.79 Å². The summed E-state index contributed by atoms with van der Waals surface area (Å²) in [7, 11) is 0. The van der Waals surface area contributed by atoms with Gasteiger partial charge in [-0.2, -0.15) is 0 Å². The lowest BCUT2D eigenvalue weighted by Crippen LogP contribution is -2.58. The first-order valence-electron chi connectivity index (χ1n) is 10.3. The summed E-state index contributed by atoms with van der Waals surface area (Å²) in [5.74, 6) is 1.56. The molecule has 1 spiro atoms. The zero-order valence-electron chi connectivity index (χ0n) is 16.8. The van der Waals surface area contributed by atoms with E-state index in [1.165, 1.54) is 18.4 Å². The predicted molar refractivity (Wildman–Crippen MR) is 105 cm³/mol. The Hall–Kier alpha value is -2.14. The number of hydrogen-bond acceptors (Lipinski definition) is 4. The average molecular weight is 380 g/mol. The van der Waals surface area contributed by atoms with Crippen LogP contribution in [-0.2, 0) is 4.74 Å². The Labute approximate surface area is 165 Å². The van der Waals surface area contributed by atoms with Crippen molar-refractivity contribution in [1.82, 2.24) is 10.5 Å². The highest BCUT2D eigenvalue weighted by Crippen LogP contribution is 2.70. The van der Waals surface area contributed by atoms with E-state index in [9.17, 15) is 4.79 Å². The SMILES string of the molecule is Cc1cc(C(=O)N[C@H]2C(C)(C)[C@@H]3C[C@@H]4[C@@H](c5ccccc5)OCC[C@@]42C3)no1. The average Bonchev–Trinajstić information content (AvgIpc) is 3.34. The number of carbonyl (C=O) groups is 1. The normalized spacial score (nSPS) is 35.5. The molecule has 2 bridgehead atoms. The van der Waals surface area contributed by atoms with Crippen molar-refractivity contribution in [1.29, 1.82) is 0 Å². The van der Waals surface area contributed by atoms with Gasteiger partial charge >= 0.3 is 0 Å². The number of amides is 1. The van der Waals surface area contributed by atoms with Crippen molar-refractivity contribution in [3.8, 4) is 0 Å². The lowest BCUT2D eigenvalue weighted by molar-refractivity contribution is -0.120. The van der Waals surface area contributed by atoms with Crippen molar-refractivity contribution in [3.05, 3.63) is 53.4 Å². The predicted octanol–water partition coefficient (Wildman–Crippen LogP) is 4.30. The molecule has 1 N–H and O–H groups in total. The number of aromatic nitrogens is 1. The molecular formula is C23H28N2O3. The molecule has 1 aromatic carbocycles.